The first kappa shape index (κ1) is 16.5. The molecule has 1 aromatic carbocycles. The van der Waals surface area contributed by atoms with Crippen LogP contribution in [-0.4, -0.2) is 23.1 Å². The molecule has 4 rings (SSSR count). The Balaban J connectivity index is 1.86. The summed E-state index contributed by atoms with van der Waals surface area (Å²) in [6.45, 7) is 11.1. The Hall–Kier alpha value is -1.94. The summed E-state index contributed by atoms with van der Waals surface area (Å²) in [5.74, 6) is 1.93. The molecule has 0 spiro atoms. The molecule has 1 aliphatic heterocycles. The summed E-state index contributed by atoms with van der Waals surface area (Å²) < 4.78 is 0. The van der Waals surface area contributed by atoms with Crippen LogP contribution >= 0.6 is 11.3 Å². The lowest BCUT2D eigenvalue weighted by Crippen LogP contribution is -2.33. The number of thiophene rings is 1. The van der Waals surface area contributed by atoms with E-state index >= 15 is 0 Å². The van der Waals surface area contributed by atoms with Crippen molar-refractivity contribution in [1.29, 1.82) is 0 Å². The average Bonchev–Trinajstić information content (AvgIpc) is 3.04. The van der Waals surface area contributed by atoms with Crippen LogP contribution in [0.25, 0.3) is 21.3 Å². The molecule has 25 heavy (non-hydrogen) atoms. The molecule has 4 heteroatoms. The molecule has 130 valence electrons. The molecule has 0 amide bonds. The second-order valence-corrected chi connectivity index (χ2v) is 8.29. The van der Waals surface area contributed by atoms with Gasteiger partial charge in [-0.05, 0) is 61.8 Å². The highest BCUT2D eigenvalue weighted by Crippen LogP contribution is 2.39. The summed E-state index contributed by atoms with van der Waals surface area (Å²) in [6, 6.07) is 4.61. The second-order valence-electron chi connectivity index (χ2n) is 7.43. The summed E-state index contributed by atoms with van der Waals surface area (Å²) >= 11 is 1.73. The van der Waals surface area contributed by atoms with Crippen LogP contribution in [0, 0.1) is 26.7 Å². The molecule has 2 aromatic heterocycles. The smallest absolute Gasteiger partial charge is 0.141 e. The van der Waals surface area contributed by atoms with Crippen molar-refractivity contribution in [3.63, 3.8) is 0 Å². The predicted molar refractivity (Wildman–Crippen MR) is 108 cm³/mol. The fourth-order valence-corrected chi connectivity index (χ4v) is 4.63. The minimum absolute atomic E-state index is 0.818. The zero-order valence-corrected chi connectivity index (χ0v) is 16.3. The van der Waals surface area contributed by atoms with E-state index in [0.717, 1.165) is 29.7 Å². The highest BCUT2D eigenvalue weighted by Gasteiger charge is 2.22. The Kier molecular flexibility index (Phi) is 4.24. The lowest BCUT2D eigenvalue weighted by atomic mass is 9.96. The van der Waals surface area contributed by atoms with Gasteiger partial charge in [0.15, 0.2) is 0 Å². The standard InChI is InChI=1S/C21H25N3S/c1-13-5-7-24(8-6-13)20-19-18(11-25-21(19)23-12-22-20)17-9-14(2)16(4)15(3)10-17/h9-13H,5-8H2,1-4H3. The number of nitrogens with zero attached hydrogens (tertiary/aromatic N) is 3. The van der Waals surface area contributed by atoms with Gasteiger partial charge >= 0.3 is 0 Å². The number of hydrogen-bond donors (Lipinski definition) is 0. The summed E-state index contributed by atoms with van der Waals surface area (Å²) in [5.41, 5.74) is 6.64. The van der Waals surface area contributed by atoms with Crippen molar-refractivity contribution in [2.24, 2.45) is 5.92 Å². The molecule has 0 bridgehead atoms. The Morgan fingerprint density at radius 3 is 2.40 bits per heavy atom. The van der Waals surface area contributed by atoms with Gasteiger partial charge in [0.25, 0.3) is 0 Å². The second kappa shape index (κ2) is 6.41. The van der Waals surface area contributed by atoms with Gasteiger partial charge in [0.05, 0.1) is 5.39 Å². The molecule has 0 radical (unpaired) electrons. The number of benzene rings is 1. The maximum atomic E-state index is 4.70. The lowest BCUT2D eigenvalue weighted by Gasteiger charge is -2.31. The van der Waals surface area contributed by atoms with Gasteiger partial charge in [-0.3, -0.25) is 0 Å². The molecule has 3 heterocycles. The fraction of sp³-hybridized carbons (Fsp3) is 0.429. The summed E-state index contributed by atoms with van der Waals surface area (Å²) in [4.78, 5) is 12.8. The number of aromatic nitrogens is 2. The molecule has 1 fully saturated rings. The molecule has 3 aromatic rings. The first-order valence-corrected chi connectivity index (χ1v) is 9.98. The Labute approximate surface area is 153 Å². The van der Waals surface area contributed by atoms with E-state index in [-0.39, 0.29) is 0 Å². The quantitative estimate of drug-likeness (QED) is 0.609. The van der Waals surface area contributed by atoms with Gasteiger partial charge in [0.2, 0.25) is 0 Å². The first-order chi connectivity index (χ1) is 12.0. The van der Waals surface area contributed by atoms with Crippen LogP contribution in [0.5, 0.6) is 0 Å². The van der Waals surface area contributed by atoms with E-state index in [1.807, 2.05) is 0 Å². The highest BCUT2D eigenvalue weighted by atomic mass is 32.1. The van der Waals surface area contributed by atoms with Gasteiger partial charge in [0, 0.05) is 24.0 Å². The van der Waals surface area contributed by atoms with E-state index in [9.17, 15) is 0 Å². The van der Waals surface area contributed by atoms with Crippen molar-refractivity contribution < 1.29 is 0 Å². The molecule has 0 saturated carbocycles. The number of piperidine rings is 1. The zero-order valence-electron chi connectivity index (χ0n) is 15.5. The van der Waals surface area contributed by atoms with Gasteiger partial charge < -0.3 is 4.90 Å². The van der Waals surface area contributed by atoms with Crippen molar-refractivity contribution in [2.75, 3.05) is 18.0 Å². The molecule has 0 N–H and O–H groups in total. The van der Waals surface area contributed by atoms with Crippen molar-refractivity contribution in [3.05, 3.63) is 40.5 Å². The van der Waals surface area contributed by atoms with E-state index in [1.165, 1.54) is 46.0 Å². The molecule has 0 aliphatic carbocycles. The Morgan fingerprint density at radius 2 is 1.72 bits per heavy atom. The van der Waals surface area contributed by atoms with E-state index in [2.05, 4.69) is 55.1 Å². The van der Waals surface area contributed by atoms with Crippen molar-refractivity contribution in [1.82, 2.24) is 9.97 Å². The van der Waals surface area contributed by atoms with Crippen LogP contribution in [0.1, 0.15) is 36.5 Å². The molecular formula is C21H25N3S. The Morgan fingerprint density at radius 1 is 1.04 bits per heavy atom. The molecule has 0 atom stereocenters. The number of fused-ring (bicyclic) bond motifs is 1. The van der Waals surface area contributed by atoms with Crippen LogP contribution in [0.4, 0.5) is 5.82 Å². The number of anilines is 1. The molecular weight excluding hydrogens is 326 g/mol. The minimum atomic E-state index is 0.818. The van der Waals surface area contributed by atoms with Crippen molar-refractivity contribution in [3.8, 4) is 11.1 Å². The maximum Gasteiger partial charge on any atom is 0.141 e. The monoisotopic (exact) mass is 351 g/mol. The fourth-order valence-electron chi connectivity index (χ4n) is 3.72. The average molecular weight is 352 g/mol. The number of hydrogen-bond acceptors (Lipinski definition) is 4. The van der Waals surface area contributed by atoms with E-state index in [0.29, 0.717) is 0 Å². The summed E-state index contributed by atoms with van der Waals surface area (Å²) in [6.07, 6.45) is 4.21. The van der Waals surface area contributed by atoms with Crippen molar-refractivity contribution >= 4 is 27.4 Å². The third-order valence-electron chi connectivity index (χ3n) is 5.67. The number of aryl methyl sites for hydroxylation is 2. The van der Waals surface area contributed by atoms with Crippen LogP contribution in [0.2, 0.25) is 0 Å². The molecule has 0 unspecified atom stereocenters. The topological polar surface area (TPSA) is 29.0 Å². The molecule has 1 aliphatic rings. The van der Waals surface area contributed by atoms with Gasteiger partial charge in [-0.2, -0.15) is 0 Å². The Bertz CT molecular complexity index is 897. The normalized spacial score (nSPS) is 15.9. The van der Waals surface area contributed by atoms with Crippen LogP contribution in [0.3, 0.4) is 0 Å². The van der Waals surface area contributed by atoms with E-state index in [4.69, 9.17) is 4.98 Å². The molecule has 1 saturated heterocycles. The van der Waals surface area contributed by atoms with Crippen LogP contribution in [0.15, 0.2) is 23.8 Å². The van der Waals surface area contributed by atoms with Crippen molar-refractivity contribution in [2.45, 2.75) is 40.5 Å². The number of rotatable bonds is 2. The van der Waals surface area contributed by atoms with Gasteiger partial charge in [-0.15, -0.1) is 11.3 Å². The van der Waals surface area contributed by atoms with E-state index < -0.39 is 0 Å². The SMILES string of the molecule is Cc1cc(-c2csc3ncnc(N4CCC(C)CC4)c23)cc(C)c1C. The van der Waals surface area contributed by atoms with Gasteiger partial charge in [0.1, 0.15) is 17.0 Å². The van der Waals surface area contributed by atoms with Gasteiger partial charge in [-0.1, -0.05) is 19.1 Å². The molecule has 3 nitrogen and oxygen atoms in total. The third-order valence-corrected chi connectivity index (χ3v) is 6.56. The maximum absolute atomic E-state index is 4.70. The van der Waals surface area contributed by atoms with Crippen LogP contribution in [-0.2, 0) is 0 Å². The van der Waals surface area contributed by atoms with E-state index in [1.54, 1.807) is 17.7 Å². The lowest BCUT2D eigenvalue weighted by molar-refractivity contribution is 0.437. The first-order valence-electron chi connectivity index (χ1n) is 9.10. The van der Waals surface area contributed by atoms with Crippen LogP contribution < -0.4 is 4.90 Å². The largest absolute Gasteiger partial charge is 0.356 e. The summed E-state index contributed by atoms with van der Waals surface area (Å²) in [5, 5.41) is 3.48. The zero-order chi connectivity index (χ0) is 17.6. The predicted octanol–water partition coefficient (Wildman–Crippen LogP) is 5.52. The third kappa shape index (κ3) is 2.93. The van der Waals surface area contributed by atoms with Gasteiger partial charge in [-0.25, -0.2) is 9.97 Å². The highest BCUT2D eigenvalue weighted by molar-refractivity contribution is 7.17. The summed E-state index contributed by atoms with van der Waals surface area (Å²) in [7, 11) is 0. The minimum Gasteiger partial charge on any atom is -0.356 e.